The van der Waals surface area contributed by atoms with Crippen molar-refractivity contribution < 1.29 is 4.43 Å². The van der Waals surface area contributed by atoms with Gasteiger partial charge in [-0.05, 0) is 19.5 Å². The highest BCUT2D eigenvalue weighted by Gasteiger charge is 2.38. The minimum absolute atomic E-state index is 0.986. The topological polar surface area (TPSA) is 9.23 Å². The highest BCUT2D eigenvalue weighted by atomic mass is 29.3. The summed E-state index contributed by atoms with van der Waals surface area (Å²) in [5.74, 6) is 0. The van der Waals surface area contributed by atoms with Gasteiger partial charge in [0.2, 0.25) is 0 Å². The summed E-state index contributed by atoms with van der Waals surface area (Å²) < 4.78 is 6.03. The van der Waals surface area contributed by atoms with Gasteiger partial charge in [-0.1, -0.05) is 33.0 Å². The molecule has 0 radical (unpaired) electrons. The highest BCUT2D eigenvalue weighted by molar-refractivity contribution is 7.37. The van der Waals surface area contributed by atoms with Crippen LogP contribution in [0.1, 0.15) is 19.8 Å². The lowest BCUT2D eigenvalue weighted by molar-refractivity contribution is 0.309. The smallest absolute Gasteiger partial charge is 0.173 e. The van der Waals surface area contributed by atoms with E-state index in [0.717, 1.165) is 6.61 Å². The normalized spacial score (nSPS) is 13.5. The van der Waals surface area contributed by atoms with Crippen molar-refractivity contribution in [2.75, 3.05) is 6.61 Å². The van der Waals surface area contributed by atoms with Gasteiger partial charge >= 0.3 is 0 Å². The minimum Gasteiger partial charge on any atom is -0.420 e. The second kappa shape index (κ2) is 4.58. The lowest BCUT2D eigenvalue weighted by atomic mass is 10.4. The van der Waals surface area contributed by atoms with E-state index in [2.05, 4.69) is 39.7 Å². The molecule has 0 fully saturated rings. The molecule has 3 heteroatoms. The predicted octanol–water partition coefficient (Wildman–Crippen LogP) is 3.42. The van der Waals surface area contributed by atoms with Crippen LogP contribution in [0.4, 0.5) is 0 Å². The SMILES string of the molecule is CCCCO[Si](C)(C)[Si](C)(C)C. The molecule has 0 aliphatic rings. The van der Waals surface area contributed by atoms with Crippen LogP contribution in [0.25, 0.3) is 0 Å². The van der Waals surface area contributed by atoms with Gasteiger partial charge in [-0.15, -0.1) is 0 Å². The number of hydrogen-bond donors (Lipinski definition) is 0. The molecule has 0 saturated carbocycles. The zero-order valence-corrected chi connectivity index (χ0v) is 11.5. The van der Waals surface area contributed by atoms with Crippen LogP contribution < -0.4 is 0 Å². The lowest BCUT2D eigenvalue weighted by Gasteiger charge is -2.34. The molecule has 0 bridgehead atoms. The molecule has 12 heavy (non-hydrogen) atoms. The maximum atomic E-state index is 6.03. The first-order valence-corrected chi connectivity index (χ1v) is 12.4. The van der Waals surface area contributed by atoms with E-state index < -0.39 is 15.4 Å². The van der Waals surface area contributed by atoms with Crippen molar-refractivity contribution in [3.05, 3.63) is 0 Å². The third kappa shape index (κ3) is 3.87. The summed E-state index contributed by atoms with van der Waals surface area (Å²) in [5, 5.41) is 0. The Kier molecular flexibility index (Phi) is 4.73. The molecule has 0 saturated heterocycles. The van der Waals surface area contributed by atoms with Crippen molar-refractivity contribution >= 4 is 15.4 Å². The molecule has 74 valence electrons. The highest BCUT2D eigenvalue weighted by Crippen LogP contribution is 2.19. The third-order valence-corrected chi connectivity index (χ3v) is 18.6. The van der Waals surface area contributed by atoms with Gasteiger partial charge in [-0.3, -0.25) is 0 Å². The first-order chi connectivity index (χ1) is 5.31. The summed E-state index contributed by atoms with van der Waals surface area (Å²) in [6, 6.07) is 0. The molecule has 0 amide bonds. The standard InChI is InChI=1S/C9H24OSi2/c1-7-8-9-10-12(5,6)11(2,3)4/h7-9H2,1-6H3. The van der Waals surface area contributed by atoms with Gasteiger partial charge < -0.3 is 4.43 Å². The van der Waals surface area contributed by atoms with Gasteiger partial charge in [-0.25, -0.2) is 0 Å². The summed E-state index contributed by atoms with van der Waals surface area (Å²) in [6.07, 6.45) is 2.47. The Morgan fingerprint density at radius 1 is 1.00 bits per heavy atom. The molecule has 0 N–H and O–H groups in total. The average molecular weight is 204 g/mol. The maximum absolute atomic E-state index is 6.03. The molecule has 0 rings (SSSR count). The monoisotopic (exact) mass is 204 g/mol. The van der Waals surface area contributed by atoms with Crippen LogP contribution in [0, 0.1) is 0 Å². The van der Waals surface area contributed by atoms with Crippen molar-refractivity contribution in [2.24, 2.45) is 0 Å². The molecule has 0 atom stereocenters. The van der Waals surface area contributed by atoms with E-state index in [1.807, 2.05) is 0 Å². The fraction of sp³-hybridized carbons (Fsp3) is 1.00. The van der Waals surface area contributed by atoms with Gasteiger partial charge in [0.25, 0.3) is 0 Å². The van der Waals surface area contributed by atoms with Crippen molar-refractivity contribution in [1.29, 1.82) is 0 Å². The molecular formula is C9H24OSi2. The Morgan fingerprint density at radius 2 is 1.50 bits per heavy atom. The second-order valence-electron chi connectivity index (χ2n) is 4.96. The number of unbranched alkanes of at least 4 members (excludes halogenated alkanes) is 1. The number of hydrogen-bond acceptors (Lipinski definition) is 1. The molecule has 0 aromatic heterocycles. The summed E-state index contributed by atoms with van der Waals surface area (Å²) in [6.45, 7) is 15.2. The van der Waals surface area contributed by atoms with Crippen molar-refractivity contribution in [3.63, 3.8) is 0 Å². The van der Waals surface area contributed by atoms with E-state index in [1.54, 1.807) is 0 Å². The lowest BCUT2D eigenvalue weighted by Crippen LogP contribution is -2.54. The Balaban J connectivity index is 3.88. The van der Waals surface area contributed by atoms with Crippen LogP contribution in [0.15, 0.2) is 0 Å². The molecule has 0 aromatic rings. The molecule has 0 aliphatic carbocycles. The van der Waals surface area contributed by atoms with Crippen molar-refractivity contribution in [3.8, 4) is 0 Å². The first kappa shape index (κ1) is 12.4. The van der Waals surface area contributed by atoms with Crippen LogP contribution in [-0.4, -0.2) is 22.0 Å². The van der Waals surface area contributed by atoms with Crippen molar-refractivity contribution in [1.82, 2.24) is 0 Å². The van der Waals surface area contributed by atoms with Crippen LogP contribution in [0.3, 0.4) is 0 Å². The van der Waals surface area contributed by atoms with Gasteiger partial charge in [0, 0.05) is 6.61 Å². The predicted molar refractivity (Wildman–Crippen MR) is 61.7 cm³/mol. The molecular weight excluding hydrogens is 180 g/mol. The quantitative estimate of drug-likeness (QED) is 0.492. The fourth-order valence-corrected chi connectivity index (χ4v) is 3.38. The summed E-state index contributed by atoms with van der Waals surface area (Å²) in [7, 11) is -2.32. The summed E-state index contributed by atoms with van der Waals surface area (Å²) in [5.41, 5.74) is 0. The van der Waals surface area contributed by atoms with Gasteiger partial charge in [-0.2, -0.15) is 0 Å². The molecule has 0 heterocycles. The average Bonchev–Trinajstić information content (AvgIpc) is 1.85. The molecule has 0 aliphatic heterocycles. The first-order valence-electron chi connectivity index (χ1n) is 4.95. The Hall–Kier alpha value is 0.394. The maximum Gasteiger partial charge on any atom is 0.173 e. The van der Waals surface area contributed by atoms with Crippen LogP contribution in [-0.2, 0) is 4.43 Å². The van der Waals surface area contributed by atoms with Crippen LogP contribution >= 0.6 is 0 Å². The van der Waals surface area contributed by atoms with E-state index in [9.17, 15) is 0 Å². The Labute approximate surface area is 79.4 Å². The van der Waals surface area contributed by atoms with E-state index in [4.69, 9.17) is 4.43 Å². The molecule has 0 aromatic carbocycles. The second-order valence-corrected chi connectivity index (χ2v) is 20.9. The molecule has 0 spiro atoms. The summed E-state index contributed by atoms with van der Waals surface area (Å²) in [4.78, 5) is 0. The Morgan fingerprint density at radius 3 is 1.83 bits per heavy atom. The minimum atomic E-state index is -1.30. The van der Waals surface area contributed by atoms with E-state index in [0.29, 0.717) is 0 Å². The van der Waals surface area contributed by atoms with Crippen LogP contribution in [0.5, 0.6) is 0 Å². The zero-order valence-electron chi connectivity index (χ0n) is 9.53. The van der Waals surface area contributed by atoms with E-state index in [1.165, 1.54) is 12.8 Å². The fourth-order valence-electron chi connectivity index (χ4n) is 0.688. The Bertz CT molecular complexity index is 127. The molecule has 0 unspecified atom stereocenters. The van der Waals surface area contributed by atoms with E-state index >= 15 is 0 Å². The third-order valence-electron chi connectivity index (χ3n) is 2.77. The van der Waals surface area contributed by atoms with Gasteiger partial charge in [0.05, 0.1) is 7.59 Å². The number of rotatable bonds is 5. The zero-order chi connectivity index (χ0) is 9.83. The largest absolute Gasteiger partial charge is 0.420 e. The molecule has 1 nitrogen and oxygen atoms in total. The van der Waals surface area contributed by atoms with Gasteiger partial charge in [0.15, 0.2) is 7.83 Å². The van der Waals surface area contributed by atoms with Crippen LogP contribution in [0.2, 0.25) is 32.7 Å². The summed E-state index contributed by atoms with van der Waals surface area (Å²) >= 11 is 0. The van der Waals surface area contributed by atoms with E-state index in [-0.39, 0.29) is 0 Å². The van der Waals surface area contributed by atoms with Crippen molar-refractivity contribution in [2.45, 2.75) is 52.5 Å². The van der Waals surface area contributed by atoms with Gasteiger partial charge in [0.1, 0.15) is 0 Å².